The van der Waals surface area contributed by atoms with Gasteiger partial charge in [-0.25, -0.2) is 0 Å². The highest BCUT2D eigenvalue weighted by molar-refractivity contribution is 7.98. The minimum absolute atomic E-state index is 0.128. The second-order valence-corrected chi connectivity index (χ2v) is 23.5. The Morgan fingerprint density at radius 2 is 0.978 bits per heavy atom. The maximum Gasteiger partial charge on any atom is 0.303 e. The van der Waals surface area contributed by atoms with E-state index in [1.54, 1.807) is 20.1 Å². The van der Waals surface area contributed by atoms with Crippen LogP contribution in [0.3, 0.4) is 0 Å². The third kappa shape index (κ3) is 33.1. The largest absolute Gasteiger partial charge is 0.481 e. The van der Waals surface area contributed by atoms with E-state index in [9.17, 15) is 97.1 Å². The minimum atomic E-state index is -1.87. The number of carboxylic acid groups (broad SMARTS) is 5. The van der Waals surface area contributed by atoms with Crippen molar-refractivity contribution in [2.75, 3.05) is 51.4 Å². The number of carboxylic acids is 5. The summed E-state index contributed by atoms with van der Waals surface area (Å²) in [6.45, 7) is 9.48. The minimum Gasteiger partial charge on any atom is -0.481 e. The SMILES string of the molecule is CSC[C@H](NC(=O)CNC(=O)[C@H](CC(C)C)NC(=O)[C@@H]1CCCN1C(=O)COCCNC(=O)[C@@H](CCC(=O)O)NC(=O)[C@@H](CCC(=O)O)NC(=O)[C@@H](CCC(=O)O)NC(=O)[C@@H](CCC(=O)O)NC(=O)[C@H](N)CCC(=O)O)C(=O)N[C@@H](C)C(=O)NCC(C)(C)C. The van der Waals surface area contributed by atoms with Gasteiger partial charge < -0.3 is 94.1 Å². The van der Waals surface area contributed by atoms with Crippen LogP contribution < -0.4 is 58.9 Å². The predicted octanol–water partition coefficient (Wildman–Crippen LogP) is -4.14. The van der Waals surface area contributed by atoms with E-state index in [0.29, 0.717) is 13.0 Å². The van der Waals surface area contributed by atoms with Gasteiger partial charge in [-0.2, -0.15) is 11.8 Å². The molecule has 1 aliphatic heterocycles. The molecule has 1 heterocycles. The van der Waals surface area contributed by atoms with Gasteiger partial charge in [0.2, 0.25) is 65.0 Å². The lowest BCUT2D eigenvalue weighted by Crippen LogP contribution is -2.59. The number of likely N-dealkylation sites (tertiary alicyclic amines) is 1. The van der Waals surface area contributed by atoms with E-state index in [4.69, 9.17) is 15.6 Å². The van der Waals surface area contributed by atoms with E-state index >= 15 is 0 Å². The molecule has 34 nitrogen and oxygen atoms in total. The Morgan fingerprint density at radius 3 is 1.43 bits per heavy atom. The molecular weight excluding hydrogens is 1200 g/mol. The van der Waals surface area contributed by atoms with Crippen LogP contribution in [-0.2, 0) is 81.4 Å². The van der Waals surface area contributed by atoms with Gasteiger partial charge in [0.15, 0.2) is 0 Å². The molecular formula is C54H88N12O22S. The van der Waals surface area contributed by atoms with Gasteiger partial charge in [-0.1, -0.05) is 34.6 Å². The molecule has 0 aromatic rings. The molecule has 35 heteroatoms. The summed E-state index contributed by atoms with van der Waals surface area (Å²) in [5.41, 5.74) is 5.52. The van der Waals surface area contributed by atoms with Gasteiger partial charge in [-0.3, -0.25) is 76.7 Å². The first-order valence-corrected chi connectivity index (χ1v) is 30.1. The van der Waals surface area contributed by atoms with Crippen LogP contribution in [0.25, 0.3) is 0 Å². The highest BCUT2D eigenvalue weighted by Crippen LogP contribution is 2.19. The molecule has 0 saturated carbocycles. The highest BCUT2D eigenvalue weighted by Gasteiger charge is 2.37. The van der Waals surface area contributed by atoms with Crippen LogP contribution in [0.4, 0.5) is 0 Å². The average Bonchev–Trinajstić information content (AvgIpc) is 3.62. The fraction of sp³-hybridized carbons (Fsp3) is 0.704. The summed E-state index contributed by atoms with van der Waals surface area (Å²) in [5.74, 6) is -16.8. The predicted molar refractivity (Wildman–Crippen MR) is 313 cm³/mol. The van der Waals surface area contributed by atoms with E-state index in [1.165, 1.54) is 23.6 Å². The molecule has 1 saturated heterocycles. The normalized spacial score (nSPS) is 15.6. The van der Waals surface area contributed by atoms with Crippen LogP contribution in [0.2, 0.25) is 0 Å². The van der Waals surface area contributed by atoms with Crippen LogP contribution in [0.5, 0.6) is 0 Å². The molecule has 1 aliphatic rings. The first-order chi connectivity index (χ1) is 41.5. The molecule has 0 aromatic heterocycles. The number of aliphatic carboxylic acids is 5. The number of nitrogens with zero attached hydrogens (tertiary/aromatic N) is 1. The summed E-state index contributed by atoms with van der Waals surface area (Å²) < 4.78 is 5.48. The van der Waals surface area contributed by atoms with Gasteiger partial charge in [0.1, 0.15) is 54.9 Å². The van der Waals surface area contributed by atoms with Crippen molar-refractivity contribution in [1.29, 1.82) is 0 Å². The number of hydrogen-bond acceptors (Lipinski definition) is 19. The molecule has 502 valence electrons. The molecule has 11 amide bonds. The summed E-state index contributed by atoms with van der Waals surface area (Å²) >= 11 is 1.26. The summed E-state index contributed by atoms with van der Waals surface area (Å²) in [5, 5.41) is 70.7. The monoisotopic (exact) mass is 1290 g/mol. The molecule has 1 fully saturated rings. The lowest BCUT2D eigenvalue weighted by Gasteiger charge is -2.27. The summed E-state index contributed by atoms with van der Waals surface area (Å²) in [6, 6.07) is -12.8. The molecule has 1 rings (SSSR count). The molecule has 0 spiro atoms. The zero-order valence-corrected chi connectivity index (χ0v) is 51.8. The molecule has 17 N–H and O–H groups in total. The Hall–Kier alpha value is -8.21. The van der Waals surface area contributed by atoms with E-state index in [1.807, 2.05) is 20.8 Å². The molecule has 89 heavy (non-hydrogen) atoms. The average molecular weight is 1290 g/mol. The van der Waals surface area contributed by atoms with Crippen LogP contribution >= 0.6 is 11.8 Å². The number of rotatable bonds is 43. The third-order valence-corrected chi connectivity index (χ3v) is 13.7. The molecule has 0 bridgehead atoms. The number of hydrogen-bond donors (Lipinski definition) is 16. The van der Waals surface area contributed by atoms with E-state index in [0.717, 1.165) is 0 Å². The van der Waals surface area contributed by atoms with Crippen LogP contribution in [0.15, 0.2) is 0 Å². The number of carbonyl (C=O) groups excluding carboxylic acids is 11. The standard InChI is InChI=1S/C54H88N12O22S/c1-28(2)23-35(48(82)57-24-38(67)60-36(26-89-7)52(86)59-29(3)45(79)58-27-54(4,5)6)65-53(87)37-9-8-21-66(37)39(68)25-88-22-20-56-47(81)31(11-16-41(71)72)62-50(84)33(13-18-43(75)76)64-51(85)34(14-19-44(77)78)63-49(83)32(12-17-42(73)74)61-46(80)30(55)10-15-40(69)70/h28-37H,8-27,55H2,1-7H3,(H,56,81)(H,57,82)(H,58,79)(H,59,86)(H,60,67)(H,61,80)(H,62,84)(H,63,83)(H,64,85)(H,65,87)(H,69,70)(H,71,72)(H,73,74)(H,75,76)(H,77,78)/t29-,30+,31+,32+,33+,34+,35-,36-,37-/m0/s1. The van der Waals surface area contributed by atoms with Gasteiger partial charge in [0.25, 0.3) is 0 Å². The third-order valence-electron chi connectivity index (χ3n) is 13.1. The van der Waals surface area contributed by atoms with E-state index in [-0.39, 0.29) is 49.6 Å². The van der Waals surface area contributed by atoms with Gasteiger partial charge in [0.05, 0.1) is 19.2 Å². The van der Waals surface area contributed by atoms with Crippen molar-refractivity contribution < 1.29 is 107 Å². The van der Waals surface area contributed by atoms with E-state index < -0.39 is 227 Å². The Bertz CT molecular complexity index is 2520. The first kappa shape index (κ1) is 78.8. The lowest BCUT2D eigenvalue weighted by molar-refractivity contribution is -0.142. The van der Waals surface area contributed by atoms with Crippen LogP contribution in [0.1, 0.15) is 125 Å². The fourth-order valence-electron chi connectivity index (χ4n) is 8.34. The van der Waals surface area contributed by atoms with Crippen molar-refractivity contribution in [2.24, 2.45) is 17.1 Å². The fourth-order valence-corrected chi connectivity index (χ4v) is 8.91. The number of thioether (sulfide) groups is 1. The maximum absolute atomic E-state index is 13.8. The first-order valence-electron chi connectivity index (χ1n) is 28.7. The number of carbonyl (C=O) groups is 16. The second kappa shape index (κ2) is 40.4. The second-order valence-electron chi connectivity index (χ2n) is 22.6. The molecule has 0 unspecified atom stereocenters. The number of nitrogens with two attached hydrogens (primary N) is 1. The van der Waals surface area contributed by atoms with Crippen LogP contribution in [-0.4, -0.2) is 231 Å². The quantitative estimate of drug-likeness (QED) is 0.0258. The van der Waals surface area contributed by atoms with E-state index in [2.05, 4.69) is 53.2 Å². The number of ether oxygens (including phenoxy) is 1. The van der Waals surface area contributed by atoms with Crippen molar-refractivity contribution >= 4 is 107 Å². The van der Waals surface area contributed by atoms with Crippen LogP contribution in [0, 0.1) is 11.3 Å². The molecule has 0 aromatic carbocycles. The van der Waals surface area contributed by atoms with Gasteiger partial charge in [-0.15, -0.1) is 0 Å². The smallest absolute Gasteiger partial charge is 0.303 e. The van der Waals surface area contributed by atoms with Crippen molar-refractivity contribution in [3.63, 3.8) is 0 Å². The van der Waals surface area contributed by atoms with Gasteiger partial charge in [0, 0.05) is 57.5 Å². The Morgan fingerprint density at radius 1 is 0.539 bits per heavy atom. The zero-order chi connectivity index (χ0) is 67.7. The van der Waals surface area contributed by atoms with Gasteiger partial charge >= 0.3 is 29.8 Å². The topological polar surface area (TPSA) is 533 Å². The zero-order valence-electron chi connectivity index (χ0n) is 51.0. The summed E-state index contributed by atoms with van der Waals surface area (Å²) in [7, 11) is 0. The Labute approximate surface area is 517 Å². The maximum atomic E-state index is 13.8. The van der Waals surface area contributed by atoms with Crippen molar-refractivity contribution in [3.05, 3.63) is 0 Å². The highest BCUT2D eigenvalue weighted by atomic mass is 32.2. The van der Waals surface area contributed by atoms with Gasteiger partial charge in [-0.05, 0) is 75.9 Å². The number of amides is 11. The molecule has 0 aliphatic carbocycles. The van der Waals surface area contributed by atoms with Crippen molar-refractivity contribution in [3.8, 4) is 0 Å². The molecule has 0 radical (unpaired) electrons. The number of nitrogens with one attached hydrogen (secondary N) is 10. The van der Waals surface area contributed by atoms with Crippen molar-refractivity contribution in [1.82, 2.24) is 58.1 Å². The Balaban J connectivity index is 3.08. The lowest BCUT2D eigenvalue weighted by atomic mass is 9.97. The van der Waals surface area contributed by atoms with Crippen molar-refractivity contribution in [2.45, 2.75) is 179 Å². The summed E-state index contributed by atoms with van der Waals surface area (Å²) in [6.07, 6.45) is -4.10. The summed E-state index contributed by atoms with van der Waals surface area (Å²) in [4.78, 5) is 205. The molecule has 9 atom stereocenters. The Kier molecular flexibility index (Phi) is 35.7.